The molecule has 0 bridgehead atoms. The van der Waals surface area contributed by atoms with Crippen LogP contribution in [0.3, 0.4) is 0 Å². The fourth-order valence-electron chi connectivity index (χ4n) is 3.55. The van der Waals surface area contributed by atoms with Gasteiger partial charge in [-0.15, -0.1) is 11.3 Å². The maximum atomic E-state index is 12.8. The lowest BCUT2D eigenvalue weighted by Crippen LogP contribution is -2.49. The Kier molecular flexibility index (Phi) is 4.15. The van der Waals surface area contributed by atoms with Gasteiger partial charge in [0, 0.05) is 31.2 Å². The largest absolute Gasteiger partial charge is 0.374 e. The Morgan fingerprint density at radius 3 is 3.00 bits per heavy atom. The number of likely N-dealkylation sites (tertiary alicyclic amines) is 1. The van der Waals surface area contributed by atoms with Crippen LogP contribution in [0, 0.1) is 11.8 Å². The van der Waals surface area contributed by atoms with Crippen molar-refractivity contribution in [3.63, 3.8) is 0 Å². The number of aromatic nitrogens is 1. The molecule has 120 valence electrons. The summed E-state index contributed by atoms with van der Waals surface area (Å²) < 4.78 is 6.04. The van der Waals surface area contributed by atoms with Crippen molar-refractivity contribution in [2.24, 2.45) is 11.8 Å². The lowest BCUT2D eigenvalue weighted by Gasteiger charge is -2.36. The molecular weight excluding hydrogens is 298 g/mol. The third-order valence-corrected chi connectivity index (χ3v) is 5.75. The average Bonchev–Trinajstić information content (AvgIpc) is 3.23. The Bertz CT molecular complexity index is 517. The van der Waals surface area contributed by atoms with Gasteiger partial charge < -0.3 is 9.64 Å². The van der Waals surface area contributed by atoms with Crippen LogP contribution in [0.1, 0.15) is 24.3 Å². The normalized spacial score (nSPS) is 30.2. The quantitative estimate of drug-likeness (QED) is 0.845. The Morgan fingerprint density at radius 1 is 1.32 bits per heavy atom. The summed E-state index contributed by atoms with van der Waals surface area (Å²) in [6.07, 6.45) is 5.41. The number of ether oxygens (including phenoxy) is 1. The minimum absolute atomic E-state index is 0.0606. The van der Waals surface area contributed by atoms with Gasteiger partial charge in [0.1, 0.15) is 5.01 Å². The van der Waals surface area contributed by atoms with E-state index in [0.29, 0.717) is 12.5 Å². The van der Waals surface area contributed by atoms with Crippen molar-refractivity contribution in [1.82, 2.24) is 14.8 Å². The number of carbonyl (C=O) groups is 1. The zero-order valence-electron chi connectivity index (χ0n) is 12.8. The molecule has 0 spiro atoms. The molecule has 2 saturated heterocycles. The topological polar surface area (TPSA) is 45.7 Å². The molecule has 1 aromatic rings. The van der Waals surface area contributed by atoms with Crippen molar-refractivity contribution in [1.29, 1.82) is 0 Å². The third kappa shape index (κ3) is 3.19. The molecule has 1 aliphatic carbocycles. The van der Waals surface area contributed by atoms with Gasteiger partial charge in [0.15, 0.2) is 0 Å². The van der Waals surface area contributed by atoms with Crippen molar-refractivity contribution >= 4 is 17.2 Å². The zero-order valence-corrected chi connectivity index (χ0v) is 13.6. The van der Waals surface area contributed by atoms with E-state index in [0.717, 1.165) is 50.1 Å². The molecule has 5 nitrogen and oxygen atoms in total. The first-order chi connectivity index (χ1) is 10.8. The maximum absolute atomic E-state index is 12.8. The van der Waals surface area contributed by atoms with Crippen LogP contribution in [-0.2, 0) is 16.1 Å². The van der Waals surface area contributed by atoms with Crippen molar-refractivity contribution < 1.29 is 9.53 Å². The van der Waals surface area contributed by atoms with Crippen LogP contribution < -0.4 is 0 Å². The van der Waals surface area contributed by atoms with Crippen molar-refractivity contribution in [3.05, 3.63) is 16.6 Å². The molecule has 1 amide bonds. The van der Waals surface area contributed by atoms with E-state index < -0.39 is 0 Å². The second kappa shape index (κ2) is 6.26. The first-order valence-corrected chi connectivity index (χ1v) is 9.18. The maximum Gasteiger partial charge on any atom is 0.228 e. The summed E-state index contributed by atoms with van der Waals surface area (Å²) in [5.41, 5.74) is 0. The van der Waals surface area contributed by atoms with Crippen LogP contribution in [-0.4, -0.2) is 59.6 Å². The molecule has 0 unspecified atom stereocenters. The predicted octanol–water partition coefficient (Wildman–Crippen LogP) is 1.60. The van der Waals surface area contributed by atoms with Gasteiger partial charge in [-0.25, -0.2) is 4.98 Å². The summed E-state index contributed by atoms with van der Waals surface area (Å²) in [5.74, 6) is 1.16. The van der Waals surface area contributed by atoms with E-state index in [4.69, 9.17) is 4.74 Å². The van der Waals surface area contributed by atoms with Crippen molar-refractivity contribution in [2.45, 2.75) is 31.9 Å². The van der Waals surface area contributed by atoms with Gasteiger partial charge in [-0.2, -0.15) is 0 Å². The van der Waals surface area contributed by atoms with E-state index in [1.54, 1.807) is 11.3 Å². The monoisotopic (exact) mass is 321 g/mol. The number of nitrogens with zero attached hydrogens (tertiary/aromatic N) is 3. The number of amides is 1. The number of thiazole rings is 1. The van der Waals surface area contributed by atoms with Gasteiger partial charge in [0.2, 0.25) is 5.91 Å². The second-order valence-electron chi connectivity index (χ2n) is 6.69. The highest BCUT2D eigenvalue weighted by atomic mass is 32.1. The van der Waals surface area contributed by atoms with E-state index in [9.17, 15) is 4.79 Å². The predicted molar refractivity (Wildman–Crippen MR) is 84.5 cm³/mol. The van der Waals surface area contributed by atoms with Crippen LogP contribution in [0.25, 0.3) is 0 Å². The molecule has 3 aliphatic rings. The van der Waals surface area contributed by atoms with Crippen LogP contribution in [0.5, 0.6) is 0 Å². The minimum atomic E-state index is 0.0606. The lowest BCUT2D eigenvalue weighted by molar-refractivity contribution is -0.139. The average molecular weight is 321 g/mol. The molecule has 1 saturated carbocycles. The number of hydrogen-bond donors (Lipinski definition) is 0. The smallest absolute Gasteiger partial charge is 0.228 e. The van der Waals surface area contributed by atoms with Crippen LogP contribution >= 0.6 is 11.3 Å². The van der Waals surface area contributed by atoms with Gasteiger partial charge in [-0.05, 0) is 31.7 Å². The first kappa shape index (κ1) is 14.6. The number of rotatable bonds is 4. The summed E-state index contributed by atoms with van der Waals surface area (Å²) in [6.45, 7) is 5.11. The Morgan fingerprint density at radius 2 is 2.23 bits per heavy atom. The van der Waals surface area contributed by atoms with Gasteiger partial charge in [-0.3, -0.25) is 9.69 Å². The molecule has 0 aromatic carbocycles. The molecule has 2 aliphatic heterocycles. The van der Waals surface area contributed by atoms with Gasteiger partial charge in [0.25, 0.3) is 0 Å². The van der Waals surface area contributed by atoms with E-state index in [-0.39, 0.29) is 12.0 Å². The summed E-state index contributed by atoms with van der Waals surface area (Å²) in [4.78, 5) is 21.6. The van der Waals surface area contributed by atoms with Crippen LogP contribution in [0.15, 0.2) is 11.6 Å². The zero-order chi connectivity index (χ0) is 14.9. The third-order valence-electron chi connectivity index (χ3n) is 4.98. The molecule has 6 heteroatoms. The molecule has 0 radical (unpaired) electrons. The van der Waals surface area contributed by atoms with E-state index in [1.165, 1.54) is 12.8 Å². The summed E-state index contributed by atoms with van der Waals surface area (Å²) in [7, 11) is 0. The standard InChI is InChI=1S/C16H23N3O2S/c20-16-13-3-5-18(11-15-17-4-8-22-15)10-14(13)21-7-6-19(16)9-12-1-2-12/h4,8,12-14H,1-3,5-7,9-11H2/t13-,14+/m1/s1. The van der Waals surface area contributed by atoms with E-state index in [2.05, 4.69) is 14.8 Å². The molecule has 4 rings (SSSR count). The molecule has 2 atom stereocenters. The van der Waals surface area contributed by atoms with Crippen molar-refractivity contribution in [3.8, 4) is 0 Å². The highest BCUT2D eigenvalue weighted by Gasteiger charge is 2.40. The number of fused-ring (bicyclic) bond motifs is 1. The molecule has 3 heterocycles. The van der Waals surface area contributed by atoms with Gasteiger partial charge in [-0.1, -0.05) is 0 Å². The molecule has 22 heavy (non-hydrogen) atoms. The number of carbonyl (C=O) groups excluding carboxylic acids is 1. The van der Waals surface area contributed by atoms with E-state index >= 15 is 0 Å². The molecule has 3 fully saturated rings. The molecule has 0 N–H and O–H groups in total. The highest BCUT2D eigenvalue weighted by molar-refractivity contribution is 7.09. The summed E-state index contributed by atoms with van der Waals surface area (Å²) >= 11 is 1.70. The fraction of sp³-hybridized carbons (Fsp3) is 0.750. The Balaban J connectivity index is 1.39. The van der Waals surface area contributed by atoms with Crippen LogP contribution in [0.2, 0.25) is 0 Å². The van der Waals surface area contributed by atoms with Gasteiger partial charge in [0.05, 0.1) is 25.2 Å². The number of hydrogen-bond acceptors (Lipinski definition) is 5. The minimum Gasteiger partial charge on any atom is -0.374 e. The Hall–Kier alpha value is -0.980. The molecule has 1 aromatic heterocycles. The SMILES string of the molecule is O=C1[C@@H]2CCN(Cc3nccs3)C[C@@H]2OCCN1CC1CC1. The van der Waals surface area contributed by atoms with E-state index in [1.807, 2.05) is 11.6 Å². The first-order valence-electron chi connectivity index (χ1n) is 8.31. The summed E-state index contributed by atoms with van der Waals surface area (Å²) in [6, 6.07) is 0. The fourth-order valence-corrected chi connectivity index (χ4v) is 4.21. The van der Waals surface area contributed by atoms with Gasteiger partial charge >= 0.3 is 0 Å². The number of piperidine rings is 1. The lowest BCUT2D eigenvalue weighted by atomic mass is 9.92. The second-order valence-corrected chi connectivity index (χ2v) is 7.67. The Labute approximate surface area is 135 Å². The van der Waals surface area contributed by atoms with Crippen molar-refractivity contribution in [2.75, 3.05) is 32.8 Å². The van der Waals surface area contributed by atoms with Crippen LogP contribution in [0.4, 0.5) is 0 Å². The molecular formula is C16H23N3O2S. The highest BCUT2D eigenvalue weighted by Crippen LogP contribution is 2.32. The summed E-state index contributed by atoms with van der Waals surface area (Å²) in [5, 5.41) is 3.16.